The Morgan fingerprint density at radius 3 is 2.00 bits per heavy atom. The molecule has 2 aromatic carbocycles. The van der Waals surface area contributed by atoms with Gasteiger partial charge in [-0.2, -0.15) is 0 Å². The number of carbonyl (C=O) groups excluding carboxylic acids is 2. The molecule has 0 aliphatic rings. The number of carbonyl (C=O) groups is 2. The zero-order valence-electron chi connectivity index (χ0n) is 15.7. The van der Waals surface area contributed by atoms with Crippen molar-refractivity contribution in [3.63, 3.8) is 0 Å². The molecule has 0 fully saturated rings. The van der Waals surface area contributed by atoms with Crippen molar-refractivity contribution in [2.24, 2.45) is 0 Å². The van der Waals surface area contributed by atoms with Gasteiger partial charge in [0.15, 0.2) is 9.84 Å². The molecule has 0 aliphatic carbocycles. The van der Waals surface area contributed by atoms with Crippen molar-refractivity contribution in [1.82, 2.24) is 0 Å². The molecule has 150 valence electrons. The highest BCUT2D eigenvalue weighted by atomic mass is 35.5. The van der Waals surface area contributed by atoms with Crippen LogP contribution in [0.5, 0.6) is 0 Å². The Kier molecular flexibility index (Phi) is 7.60. The molecule has 1 atom stereocenters. The first-order valence-electron chi connectivity index (χ1n) is 8.92. The van der Waals surface area contributed by atoms with Gasteiger partial charge < -0.3 is 10.6 Å². The van der Waals surface area contributed by atoms with E-state index in [-0.39, 0.29) is 6.42 Å². The quantitative estimate of drug-likeness (QED) is 0.678. The van der Waals surface area contributed by atoms with Gasteiger partial charge in [0, 0.05) is 16.4 Å². The Labute approximate surface area is 170 Å². The Hall–Kier alpha value is -2.38. The van der Waals surface area contributed by atoms with Crippen LogP contribution in [0.2, 0.25) is 5.02 Å². The van der Waals surface area contributed by atoms with Crippen LogP contribution in [0.1, 0.15) is 25.8 Å². The third kappa shape index (κ3) is 6.07. The molecule has 28 heavy (non-hydrogen) atoms. The molecular formula is C20H23ClN2O4S. The molecule has 2 aromatic rings. The maximum absolute atomic E-state index is 12.6. The summed E-state index contributed by atoms with van der Waals surface area (Å²) in [6.07, 6.45) is 0.929. The van der Waals surface area contributed by atoms with Gasteiger partial charge in [-0.25, -0.2) is 8.42 Å². The van der Waals surface area contributed by atoms with Crippen molar-refractivity contribution in [1.29, 1.82) is 0 Å². The summed E-state index contributed by atoms with van der Waals surface area (Å²) >= 11 is 5.78. The van der Waals surface area contributed by atoms with E-state index in [4.69, 9.17) is 11.6 Å². The molecule has 0 saturated carbocycles. The number of benzene rings is 2. The number of amides is 2. The van der Waals surface area contributed by atoms with Gasteiger partial charge in [-0.1, -0.05) is 37.6 Å². The lowest BCUT2D eigenvalue weighted by molar-refractivity contribution is -0.115. The monoisotopic (exact) mass is 422 g/mol. The molecule has 2 amide bonds. The van der Waals surface area contributed by atoms with E-state index in [0.29, 0.717) is 16.4 Å². The fourth-order valence-corrected chi connectivity index (χ4v) is 4.32. The Bertz CT molecular complexity index is 926. The first kappa shape index (κ1) is 21.9. The van der Waals surface area contributed by atoms with Crippen LogP contribution in [0.3, 0.4) is 0 Å². The summed E-state index contributed by atoms with van der Waals surface area (Å²) in [6, 6.07) is 13.5. The Morgan fingerprint density at radius 1 is 0.929 bits per heavy atom. The summed E-state index contributed by atoms with van der Waals surface area (Å²) in [5.41, 5.74) is 2.05. The number of anilines is 2. The number of hydrogen-bond donors (Lipinski definition) is 2. The summed E-state index contributed by atoms with van der Waals surface area (Å²) < 4.78 is 25.2. The van der Waals surface area contributed by atoms with Crippen molar-refractivity contribution < 1.29 is 18.0 Å². The third-order valence-electron chi connectivity index (χ3n) is 4.19. The molecule has 0 bridgehead atoms. The van der Waals surface area contributed by atoms with Gasteiger partial charge in [-0.05, 0) is 54.8 Å². The Morgan fingerprint density at radius 2 is 1.46 bits per heavy atom. The van der Waals surface area contributed by atoms with Crippen molar-refractivity contribution >= 4 is 44.6 Å². The molecule has 0 heterocycles. The molecule has 2 N–H and O–H groups in total. The van der Waals surface area contributed by atoms with Gasteiger partial charge in [0.05, 0.1) is 0 Å². The highest BCUT2D eigenvalue weighted by Crippen LogP contribution is 2.16. The lowest BCUT2D eigenvalue weighted by atomic mass is 10.1. The lowest BCUT2D eigenvalue weighted by Gasteiger charge is -2.16. The van der Waals surface area contributed by atoms with Gasteiger partial charge in [0.2, 0.25) is 11.8 Å². The molecule has 6 nitrogen and oxygen atoms in total. The van der Waals surface area contributed by atoms with E-state index in [2.05, 4.69) is 10.6 Å². The standard InChI is InChI=1S/C20H23ClN2O4S/c1-3-14-5-9-17(10-6-14)23-20(25)18(4-2)28(26,27)13-19(24)22-16-11-7-15(21)8-12-16/h5-12,18H,3-4,13H2,1-2H3,(H,22,24)(H,23,25). The highest BCUT2D eigenvalue weighted by Gasteiger charge is 2.33. The number of aryl methyl sites for hydroxylation is 1. The van der Waals surface area contributed by atoms with E-state index >= 15 is 0 Å². The van der Waals surface area contributed by atoms with E-state index < -0.39 is 32.7 Å². The summed E-state index contributed by atoms with van der Waals surface area (Å²) in [4.78, 5) is 24.6. The molecule has 0 saturated heterocycles. The molecule has 2 rings (SSSR count). The summed E-state index contributed by atoms with van der Waals surface area (Å²) in [7, 11) is -3.98. The molecule has 0 aromatic heterocycles. The zero-order chi connectivity index (χ0) is 20.7. The van der Waals surface area contributed by atoms with E-state index in [0.717, 1.165) is 12.0 Å². The zero-order valence-corrected chi connectivity index (χ0v) is 17.3. The second-order valence-corrected chi connectivity index (χ2v) is 8.92. The summed E-state index contributed by atoms with van der Waals surface area (Å²) in [5, 5.41) is 4.30. The Balaban J connectivity index is 2.04. The van der Waals surface area contributed by atoms with Crippen LogP contribution in [-0.2, 0) is 25.8 Å². The average Bonchev–Trinajstić information content (AvgIpc) is 2.64. The maximum atomic E-state index is 12.6. The van der Waals surface area contributed by atoms with E-state index in [9.17, 15) is 18.0 Å². The molecular weight excluding hydrogens is 400 g/mol. The second kappa shape index (κ2) is 9.71. The van der Waals surface area contributed by atoms with Crippen LogP contribution < -0.4 is 10.6 Å². The maximum Gasteiger partial charge on any atom is 0.242 e. The smallest absolute Gasteiger partial charge is 0.242 e. The molecule has 0 aliphatic heterocycles. The van der Waals surface area contributed by atoms with Gasteiger partial charge in [-0.15, -0.1) is 0 Å². The minimum Gasteiger partial charge on any atom is -0.325 e. The second-order valence-electron chi connectivity index (χ2n) is 6.30. The average molecular weight is 423 g/mol. The fraction of sp³-hybridized carbons (Fsp3) is 0.300. The number of rotatable bonds is 8. The first-order valence-corrected chi connectivity index (χ1v) is 11.0. The molecule has 0 spiro atoms. The predicted octanol–water partition coefficient (Wildman–Crippen LogP) is 3.67. The number of halogens is 1. The number of sulfone groups is 1. The van der Waals surface area contributed by atoms with Gasteiger partial charge in [-0.3, -0.25) is 9.59 Å². The minimum absolute atomic E-state index is 0.0649. The molecule has 0 radical (unpaired) electrons. The van der Waals surface area contributed by atoms with E-state index in [1.165, 1.54) is 0 Å². The van der Waals surface area contributed by atoms with Gasteiger partial charge in [0.25, 0.3) is 0 Å². The lowest BCUT2D eigenvalue weighted by Crippen LogP contribution is -2.39. The van der Waals surface area contributed by atoms with Crippen molar-refractivity contribution in [2.45, 2.75) is 31.9 Å². The van der Waals surface area contributed by atoms with Crippen molar-refractivity contribution in [3.8, 4) is 0 Å². The third-order valence-corrected chi connectivity index (χ3v) is 6.52. The van der Waals surface area contributed by atoms with E-state index in [1.807, 2.05) is 19.1 Å². The molecule has 1 unspecified atom stereocenters. The van der Waals surface area contributed by atoms with Crippen LogP contribution in [0.25, 0.3) is 0 Å². The van der Waals surface area contributed by atoms with Gasteiger partial charge in [0.1, 0.15) is 11.0 Å². The van der Waals surface area contributed by atoms with Crippen molar-refractivity contribution in [2.75, 3.05) is 16.4 Å². The summed E-state index contributed by atoms with van der Waals surface area (Å²) in [6.45, 7) is 3.61. The number of hydrogen-bond acceptors (Lipinski definition) is 4. The first-order chi connectivity index (χ1) is 13.2. The number of nitrogens with one attached hydrogen (secondary N) is 2. The van der Waals surface area contributed by atoms with E-state index in [1.54, 1.807) is 43.3 Å². The van der Waals surface area contributed by atoms with Crippen LogP contribution in [0, 0.1) is 0 Å². The predicted molar refractivity (Wildman–Crippen MR) is 112 cm³/mol. The normalized spacial score (nSPS) is 12.2. The highest BCUT2D eigenvalue weighted by molar-refractivity contribution is 7.93. The minimum atomic E-state index is -3.98. The van der Waals surface area contributed by atoms with Crippen LogP contribution in [0.15, 0.2) is 48.5 Å². The SMILES string of the molecule is CCc1ccc(NC(=O)C(CC)S(=O)(=O)CC(=O)Nc2ccc(Cl)cc2)cc1. The topological polar surface area (TPSA) is 92.3 Å². The largest absolute Gasteiger partial charge is 0.325 e. The van der Waals surface area contributed by atoms with Gasteiger partial charge >= 0.3 is 0 Å². The summed E-state index contributed by atoms with van der Waals surface area (Å²) in [5.74, 6) is -2.14. The van der Waals surface area contributed by atoms with Crippen LogP contribution in [-0.4, -0.2) is 31.2 Å². The van der Waals surface area contributed by atoms with Crippen LogP contribution in [0.4, 0.5) is 11.4 Å². The van der Waals surface area contributed by atoms with Crippen LogP contribution >= 0.6 is 11.6 Å². The van der Waals surface area contributed by atoms with Crippen molar-refractivity contribution in [3.05, 3.63) is 59.1 Å². The molecule has 8 heteroatoms. The fourth-order valence-electron chi connectivity index (χ4n) is 2.66.